The number of aliphatic imine (C=N–C) groups is 1. The molecule has 0 atom stereocenters. The summed E-state index contributed by atoms with van der Waals surface area (Å²) in [5.41, 5.74) is 6.51. The molecule has 0 amide bonds. The van der Waals surface area contributed by atoms with E-state index in [1.165, 1.54) is 6.33 Å². The van der Waals surface area contributed by atoms with E-state index in [1.54, 1.807) is 10.9 Å². The number of guanidine groups is 1. The van der Waals surface area contributed by atoms with Crippen molar-refractivity contribution in [3.05, 3.63) is 12.5 Å². The van der Waals surface area contributed by atoms with Gasteiger partial charge in [0.1, 0.15) is 12.1 Å². The van der Waals surface area contributed by atoms with Gasteiger partial charge >= 0.3 is 0 Å². The van der Waals surface area contributed by atoms with Gasteiger partial charge in [-0.3, -0.25) is 9.67 Å². The van der Waals surface area contributed by atoms with Gasteiger partial charge in [0.2, 0.25) is 0 Å². The minimum atomic E-state index is 0.475. The zero-order chi connectivity index (χ0) is 14.4. The number of fused-ring (bicyclic) bond motifs is 1. The summed E-state index contributed by atoms with van der Waals surface area (Å²) < 4.78 is 1.72. The van der Waals surface area contributed by atoms with Crippen LogP contribution in [0.15, 0.2) is 17.5 Å². The molecule has 2 rings (SSSR count). The van der Waals surface area contributed by atoms with Crippen molar-refractivity contribution < 1.29 is 0 Å². The van der Waals surface area contributed by atoms with Gasteiger partial charge < -0.3 is 16.4 Å². The third-order valence-electron chi connectivity index (χ3n) is 2.76. The molecule has 4 N–H and O–H groups in total. The van der Waals surface area contributed by atoms with Crippen LogP contribution in [0.1, 0.15) is 13.3 Å². The fourth-order valence-corrected chi connectivity index (χ4v) is 1.76. The summed E-state index contributed by atoms with van der Waals surface area (Å²) in [6, 6.07) is 0. The Morgan fingerprint density at radius 2 is 2.25 bits per heavy atom. The third-order valence-corrected chi connectivity index (χ3v) is 2.76. The normalized spacial score (nSPS) is 11.8. The average Bonchev–Trinajstić information content (AvgIpc) is 2.84. The number of nitrogens with one attached hydrogen (secondary N) is 2. The van der Waals surface area contributed by atoms with Gasteiger partial charge in [0, 0.05) is 26.7 Å². The highest BCUT2D eigenvalue weighted by molar-refractivity contribution is 5.86. The average molecular weight is 276 g/mol. The highest BCUT2D eigenvalue weighted by Crippen LogP contribution is 2.16. The van der Waals surface area contributed by atoms with Gasteiger partial charge in [-0.25, -0.2) is 9.97 Å². The summed E-state index contributed by atoms with van der Waals surface area (Å²) in [4.78, 5) is 12.6. The van der Waals surface area contributed by atoms with Gasteiger partial charge in [-0.2, -0.15) is 5.10 Å². The molecular formula is C12H20N8. The first-order chi connectivity index (χ1) is 9.72. The summed E-state index contributed by atoms with van der Waals surface area (Å²) in [5.74, 6) is 1.25. The first-order valence-electron chi connectivity index (χ1n) is 6.62. The Kier molecular flexibility index (Phi) is 4.70. The van der Waals surface area contributed by atoms with Crippen LogP contribution in [0, 0.1) is 0 Å². The molecule has 2 heterocycles. The summed E-state index contributed by atoms with van der Waals surface area (Å²) in [7, 11) is 1.85. The van der Waals surface area contributed by atoms with E-state index in [9.17, 15) is 0 Å². The Bertz CT molecular complexity index is 588. The largest absolute Gasteiger partial charge is 0.370 e. The number of rotatable bonds is 6. The molecule has 0 saturated heterocycles. The van der Waals surface area contributed by atoms with Gasteiger partial charge in [0.05, 0.1) is 11.6 Å². The minimum absolute atomic E-state index is 0.475. The molecule has 0 aliphatic carbocycles. The van der Waals surface area contributed by atoms with Crippen molar-refractivity contribution in [3.8, 4) is 0 Å². The molecule has 20 heavy (non-hydrogen) atoms. The van der Waals surface area contributed by atoms with E-state index in [0.717, 1.165) is 29.8 Å². The van der Waals surface area contributed by atoms with Crippen LogP contribution in [0.25, 0.3) is 11.0 Å². The molecule has 0 spiro atoms. The van der Waals surface area contributed by atoms with E-state index >= 15 is 0 Å². The van der Waals surface area contributed by atoms with Crippen molar-refractivity contribution in [1.82, 2.24) is 25.1 Å². The molecule has 0 bridgehead atoms. The minimum Gasteiger partial charge on any atom is -0.370 e. The summed E-state index contributed by atoms with van der Waals surface area (Å²) >= 11 is 0. The van der Waals surface area contributed by atoms with E-state index in [2.05, 4.69) is 37.6 Å². The molecule has 0 fully saturated rings. The van der Waals surface area contributed by atoms with Crippen LogP contribution in [-0.4, -0.2) is 45.3 Å². The van der Waals surface area contributed by atoms with Crippen LogP contribution in [-0.2, 0) is 7.05 Å². The molecule has 0 aliphatic heterocycles. The molecule has 2 aromatic heterocycles. The number of anilines is 1. The van der Waals surface area contributed by atoms with Gasteiger partial charge in [-0.15, -0.1) is 0 Å². The van der Waals surface area contributed by atoms with Gasteiger partial charge in [-0.05, 0) is 6.42 Å². The predicted octanol–water partition coefficient (Wildman–Crippen LogP) is 0.0895. The van der Waals surface area contributed by atoms with Crippen LogP contribution >= 0.6 is 0 Å². The highest BCUT2D eigenvalue weighted by atomic mass is 15.3. The lowest BCUT2D eigenvalue weighted by molar-refractivity contribution is 0.785. The Balaban J connectivity index is 1.87. The second kappa shape index (κ2) is 6.69. The SMILES string of the molecule is CCCN=C(N)NCCNc1ncnc2c1cnn2C. The molecule has 108 valence electrons. The van der Waals surface area contributed by atoms with Crippen LogP contribution < -0.4 is 16.4 Å². The first-order valence-corrected chi connectivity index (χ1v) is 6.62. The maximum Gasteiger partial charge on any atom is 0.188 e. The zero-order valence-corrected chi connectivity index (χ0v) is 11.8. The number of hydrogen-bond acceptors (Lipinski definition) is 5. The molecule has 0 saturated carbocycles. The smallest absolute Gasteiger partial charge is 0.188 e. The fourth-order valence-electron chi connectivity index (χ4n) is 1.76. The number of nitrogens with zero attached hydrogens (tertiary/aromatic N) is 5. The lowest BCUT2D eigenvalue weighted by Crippen LogP contribution is -2.35. The van der Waals surface area contributed by atoms with Crippen molar-refractivity contribution in [2.45, 2.75) is 13.3 Å². The highest BCUT2D eigenvalue weighted by Gasteiger charge is 2.06. The van der Waals surface area contributed by atoms with Crippen LogP contribution in [0.4, 0.5) is 5.82 Å². The number of nitrogens with two attached hydrogens (primary N) is 1. The summed E-state index contributed by atoms with van der Waals surface area (Å²) in [6.45, 7) is 4.16. The van der Waals surface area contributed by atoms with Crippen molar-refractivity contribution in [2.24, 2.45) is 17.8 Å². The topological polar surface area (TPSA) is 106 Å². The van der Waals surface area contributed by atoms with Gasteiger partial charge in [0.15, 0.2) is 11.6 Å². The molecule has 0 radical (unpaired) electrons. The Morgan fingerprint density at radius 1 is 1.40 bits per heavy atom. The summed E-state index contributed by atoms with van der Waals surface area (Å²) in [6.07, 6.45) is 4.26. The van der Waals surface area contributed by atoms with Crippen LogP contribution in [0.3, 0.4) is 0 Å². The quantitative estimate of drug-likeness (QED) is 0.392. The standard InChI is InChI=1S/C12H20N8/c1-3-4-15-12(13)16-6-5-14-10-9-7-19-20(2)11(9)18-8-17-10/h7-8H,3-6H2,1-2H3,(H3,13,15,16)(H,14,17,18). The maximum absolute atomic E-state index is 5.71. The maximum atomic E-state index is 5.71. The van der Waals surface area contributed by atoms with Crippen molar-refractivity contribution in [3.63, 3.8) is 0 Å². The monoisotopic (exact) mass is 276 g/mol. The Hall–Kier alpha value is -2.38. The molecule has 8 nitrogen and oxygen atoms in total. The molecule has 8 heteroatoms. The van der Waals surface area contributed by atoms with Gasteiger partial charge in [-0.1, -0.05) is 6.92 Å². The summed E-state index contributed by atoms with van der Waals surface area (Å²) in [5, 5.41) is 11.3. The van der Waals surface area contributed by atoms with Gasteiger partial charge in [0.25, 0.3) is 0 Å². The van der Waals surface area contributed by atoms with E-state index in [-0.39, 0.29) is 0 Å². The molecule has 0 aromatic carbocycles. The zero-order valence-electron chi connectivity index (χ0n) is 11.8. The predicted molar refractivity (Wildman–Crippen MR) is 79.6 cm³/mol. The lowest BCUT2D eigenvalue weighted by atomic mass is 10.4. The van der Waals surface area contributed by atoms with E-state index in [1.807, 2.05) is 7.05 Å². The van der Waals surface area contributed by atoms with E-state index < -0.39 is 0 Å². The number of aromatic nitrogens is 4. The van der Waals surface area contributed by atoms with Crippen LogP contribution in [0.5, 0.6) is 0 Å². The Labute approximate surface area is 117 Å². The van der Waals surface area contributed by atoms with Crippen LogP contribution in [0.2, 0.25) is 0 Å². The van der Waals surface area contributed by atoms with E-state index in [0.29, 0.717) is 19.0 Å². The number of hydrogen-bond donors (Lipinski definition) is 3. The molecule has 2 aromatic rings. The lowest BCUT2D eigenvalue weighted by Gasteiger charge is -2.08. The van der Waals surface area contributed by atoms with E-state index in [4.69, 9.17) is 5.73 Å². The number of aryl methyl sites for hydroxylation is 1. The second-order valence-corrected chi connectivity index (χ2v) is 4.35. The Morgan fingerprint density at radius 3 is 3.05 bits per heavy atom. The molecule has 0 aliphatic rings. The van der Waals surface area contributed by atoms with Crippen molar-refractivity contribution >= 4 is 22.8 Å². The first kappa shape index (κ1) is 14.0. The third kappa shape index (κ3) is 3.34. The molecular weight excluding hydrogens is 256 g/mol. The fraction of sp³-hybridized carbons (Fsp3) is 0.500. The second-order valence-electron chi connectivity index (χ2n) is 4.35. The van der Waals surface area contributed by atoms with Crippen molar-refractivity contribution in [1.29, 1.82) is 0 Å². The van der Waals surface area contributed by atoms with Crippen molar-refractivity contribution in [2.75, 3.05) is 25.0 Å². The molecule has 0 unspecified atom stereocenters.